The predicted molar refractivity (Wildman–Crippen MR) is 152 cm³/mol. The molecule has 3 N–H and O–H groups in total. The van der Waals surface area contributed by atoms with Gasteiger partial charge in [0.25, 0.3) is 5.91 Å². The number of ether oxygens (including phenoxy) is 1. The number of hydrogen-bond acceptors (Lipinski definition) is 5. The van der Waals surface area contributed by atoms with Gasteiger partial charge in [-0.1, -0.05) is 60.7 Å². The number of rotatable bonds is 11. The van der Waals surface area contributed by atoms with E-state index in [1.807, 2.05) is 48.5 Å². The number of carbonyl (C=O) groups is 2. The molecule has 1 saturated heterocycles. The molecule has 8 heteroatoms. The number of nitrogens with zero attached hydrogens (tertiary/aromatic N) is 2. The van der Waals surface area contributed by atoms with Gasteiger partial charge in [0, 0.05) is 70.9 Å². The maximum atomic E-state index is 13.2. The second-order valence-corrected chi connectivity index (χ2v) is 9.38. The highest BCUT2D eigenvalue weighted by molar-refractivity contribution is 6.02. The summed E-state index contributed by atoms with van der Waals surface area (Å²) in [5.74, 6) is -0.156. The van der Waals surface area contributed by atoms with E-state index in [9.17, 15) is 9.59 Å². The minimum atomic E-state index is -0.317. The van der Waals surface area contributed by atoms with Crippen LogP contribution in [0.3, 0.4) is 0 Å². The molecule has 4 rings (SSSR count). The van der Waals surface area contributed by atoms with Crippen molar-refractivity contribution >= 4 is 23.3 Å². The Bertz CT molecular complexity index is 1170. The number of anilines is 2. The molecule has 1 fully saturated rings. The summed E-state index contributed by atoms with van der Waals surface area (Å²) in [5.41, 5.74) is 4.33. The molecule has 38 heavy (non-hydrogen) atoms. The van der Waals surface area contributed by atoms with Crippen LogP contribution >= 0.6 is 0 Å². The number of hydrogen-bond donors (Lipinski definition) is 3. The number of piperazine rings is 1. The molecule has 1 heterocycles. The Labute approximate surface area is 225 Å². The molecule has 0 spiro atoms. The summed E-state index contributed by atoms with van der Waals surface area (Å²) in [7, 11) is 1.65. The summed E-state index contributed by atoms with van der Waals surface area (Å²) in [6, 6.07) is 25.5. The highest BCUT2D eigenvalue weighted by Crippen LogP contribution is 2.26. The molecule has 0 unspecified atom stereocenters. The molecule has 0 aromatic heterocycles. The van der Waals surface area contributed by atoms with Gasteiger partial charge in [0.2, 0.25) is 0 Å². The van der Waals surface area contributed by atoms with Gasteiger partial charge in [-0.25, -0.2) is 4.79 Å². The number of amides is 3. The van der Waals surface area contributed by atoms with Gasteiger partial charge in [-0.15, -0.1) is 0 Å². The molecule has 0 aliphatic carbocycles. The highest BCUT2D eigenvalue weighted by Gasteiger charge is 2.22. The minimum Gasteiger partial charge on any atom is -0.385 e. The van der Waals surface area contributed by atoms with Crippen LogP contribution in [0.1, 0.15) is 27.9 Å². The van der Waals surface area contributed by atoms with Crippen LogP contribution in [-0.2, 0) is 17.8 Å². The van der Waals surface area contributed by atoms with E-state index >= 15 is 0 Å². The topological polar surface area (TPSA) is 85.9 Å². The van der Waals surface area contributed by atoms with Gasteiger partial charge in [-0.3, -0.25) is 9.69 Å². The number of carbonyl (C=O) groups excluding carboxylic acids is 2. The van der Waals surface area contributed by atoms with Crippen LogP contribution in [-0.4, -0.2) is 63.3 Å². The summed E-state index contributed by atoms with van der Waals surface area (Å²) in [6.45, 7) is 5.90. The molecular formula is C30H37N5O3. The molecule has 3 amide bonds. The van der Waals surface area contributed by atoms with Crippen molar-refractivity contribution in [3.05, 3.63) is 95.6 Å². The van der Waals surface area contributed by atoms with Gasteiger partial charge in [0.15, 0.2) is 0 Å². The zero-order valence-corrected chi connectivity index (χ0v) is 22.0. The van der Waals surface area contributed by atoms with Gasteiger partial charge in [0.05, 0.1) is 5.56 Å². The SMILES string of the molecule is COCCCNC(=O)c1cc(NC(=O)NCc2ccccc2)ccc1N1CCN(Cc2ccccc2)CC1. The van der Waals surface area contributed by atoms with Crippen molar-refractivity contribution in [3.63, 3.8) is 0 Å². The minimum absolute atomic E-state index is 0.156. The normalized spacial score (nSPS) is 13.7. The molecule has 0 atom stereocenters. The first-order valence-electron chi connectivity index (χ1n) is 13.1. The van der Waals surface area contributed by atoms with E-state index in [2.05, 4.69) is 50.0 Å². The van der Waals surface area contributed by atoms with Crippen molar-refractivity contribution in [3.8, 4) is 0 Å². The lowest BCUT2D eigenvalue weighted by atomic mass is 10.1. The summed E-state index contributed by atoms with van der Waals surface area (Å²) in [6.07, 6.45) is 0.732. The lowest BCUT2D eigenvalue weighted by molar-refractivity contribution is 0.0949. The Morgan fingerprint density at radius 3 is 2.21 bits per heavy atom. The highest BCUT2D eigenvalue weighted by atomic mass is 16.5. The van der Waals surface area contributed by atoms with Crippen LogP contribution in [0.2, 0.25) is 0 Å². The van der Waals surface area contributed by atoms with Crippen LogP contribution in [0.15, 0.2) is 78.9 Å². The van der Waals surface area contributed by atoms with E-state index in [-0.39, 0.29) is 11.9 Å². The quantitative estimate of drug-likeness (QED) is 0.335. The zero-order valence-electron chi connectivity index (χ0n) is 22.0. The molecule has 0 saturated carbocycles. The molecular weight excluding hydrogens is 478 g/mol. The Kier molecular flexibility index (Phi) is 10.1. The second-order valence-electron chi connectivity index (χ2n) is 9.38. The summed E-state index contributed by atoms with van der Waals surface area (Å²) in [4.78, 5) is 30.4. The van der Waals surface area contributed by atoms with Crippen molar-refractivity contribution in [2.45, 2.75) is 19.5 Å². The van der Waals surface area contributed by atoms with Gasteiger partial charge >= 0.3 is 6.03 Å². The van der Waals surface area contributed by atoms with Crippen LogP contribution < -0.4 is 20.9 Å². The second kappa shape index (κ2) is 14.2. The molecule has 200 valence electrons. The van der Waals surface area contributed by atoms with Gasteiger partial charge in [-0.05, 0) is 35.7 Å². The van der Waals surface area contributed by atoms with E-state index in [0.717, 1.165) is 50.4 Å². The monoisotopic (exact) mass is 515 g/mol. The number of methoxy groups -OCH3 is 1. The van der Waals surface area contributed by atoms with E-state index < -0.39 is 0 Å². The number of nitrogens with one attached hydrogen (secondary N) is 3. The fourth-order valence-electron chi connectivity index (χ4n) is 4.53. The Balaban J connectivity index is 1.41. The molecule has 1 aliphatic rings. The Morgan fingerprint density at radius 2 is 1.53 bits per heavy atom. The van der Waals surface area contributed by atoms with Crippen molar-refractivity contribution in [1.29, 1.82) is 0 Å². The number of urea groups is 1. The van der Waals surface area contributed by atoms with Gasteiger partial charge in [0.1, 0.15) is 0 Å². The fourth-order valence-corrected chi connectivity index (χ4v) is 4.53. The van der Waals surface area contributed by atoms with E-state index in [4.69, 9.17) is 4.74 Å². The van der Waals surface area contributed by atoms with Crippen molar-refractivity contribution in [2.24, 2.45) is 0 Å². The summed E-state index contributed by atoms with van der Waals surface area (Å²) in [5, 5.41) is 8.74. The Hall–Kier alpha value is -3.88. The molecule has 0 radical (unpaired) electrons. The van der Waals surface area contributed by atoms with Crippen LogP contribution in [0.5, 0.6) is 0 Å². The van der Waals surface area contributed by atoms with Crippen LogP contribution in [0.25, 0.3) is 0 Å². The van der Waals surface area contributed by atoms with Gasteiger partial charge < -0.3 is 25.6 Å². The zero-order chi connectivity index (χ0) is 26.6. The molecule has 1 aliphatic heterocycles. The average Bonchev–Trinajstić information content (AvgIpc) is 2.96. The van der Waals surface area contributed by atoms with Crippen molar-refractivity contribution < 1.29 is 14.3 Å². The summed E-state index contributed by atoms with van der Waals surface area (Å²) >= 11 is 0. The average molecular weight is 516 g/mol. The van der Waals surface area contributed by atoms with E-state index in [1.165, 1.54) is 5.56 Å². The van der Waals surface area contributed by atoms with Crippen molar-refractivity contribution in [2.75, 3.05) is 56.7 Å². The molecule has 3 aromatic carbocycles. The standard InChI is InChI=1S/C30H37N5O3/c1-38-20-8-15-31-29(36)27-21-26(33-30(37)32-22-24-9-4-2-5-10-24)13-14-28(27)35-18-16-34(17-19-35)23-25-11-6-3-7-12-25/h2-7,9-14,21H,8,15-20,22-23H2,1H3,(H,31,36)(H2,32,33,37). The Morgan fingerprint density at radius 1 is 0.842 bits per heavy atom. The smallest absolute Gasteiger partial charge is 0.319 e. The first-order chi connectivity index (χ1) is 18.6. The fraction of sp³-hybridized carbons (Fsp3) is 0.333. The molecule has 8 nitrogen and oxygen atoms in total. The third kappa shape index (κ3) is 8.06. The van der Waals surface area contributed by atoms with Gasteiger partial charge in [-0.2, -0.15) is 0 Å². The van der Waals surface area contributed by atoms with Crippen LogP contribution in [0, 0.1) is 0 Å². The van der Waals surface area contributed by atoms with E-state index in [1.54, 1.807) is 13.2 Å². The predicted octanol–water partition coefficient (Wildman–Crippen LogP) is 4.10. The maximum Gasteiger partial charge on any atom is 0.319 e. The molecule has 0 bridgehead atoms. The first-order valence-corrected chi connectivity index (χ1v) is 13.1. The lowest BCUT2D eigenvalue weighted by Crippen LogP contribution is -2.46. The van der Waals surface area contributed by atoms with E-state index in [0.29, 0.717) is 30.9 Å². The summed E-state index contributed by atoms with van der Waals surface area (Å²) < 4.78 is 5.10. The van der Waals surface area contributed by atoms with Crippen LogP contribution in [0.4, 0.5) is 16.2 Å². The van der Waals surface area contributed by atoms with Crippen molar-refractivity contribution in [1.82, 2.24) is 15.5 Å². The first kappa shape index (κ1) is 27.2. The largest absolute Gasteiger partial charge is 0.385 e. The maximum absolute atomic E-state index is 13.2. The molecule has 3 aromatic rings. The lowest BCUT2D eigenvalue weighted by Gasteiger charge is -2.37. The third-order valence-corrected chi connectivity index (χ3v) is 6.57. The number of benzene rings is 3. The third-order valence-electron chi connectivity index (χ3n) is 6.57.